The van der Waals surface area contributed by atoms with Gasteiger partial charge in [-0.25, -0.2) is 0 Å². The van der Waals surface area contributed by atoms with Gasteiger partial charge in [-0.1, -0.05) is 30.3 Å². The molecule has 5 heteroatoms. The van der Waals surface area contributed by atoms with Crippen LogP contribution in [0.25, 0.3) is 0 Å². The number of nitro benzene ring substituents is 1. The van der Waals surface area contributed by atoms with Crippen LogP contribution in [0.5, 0.6) is 0 Å². The van der Waals surface area contributed by atoms with Crippen molar-refractivity contribution >= 4 is 11.5 Å². The molecule has 0 aromatic heterocycles. The van der Waals surface area contributed by atoms with Crippen molar-refractivity contribution in [3.05, 3.63) is 75.8 Å². The highest BCUT2D eigenvalue weighted by molar-refractivity contribution is 6.01. The van der Waals surface area contributed by atoms with Crippen LogP contribution in [0, 0.1) is 10.1 Å². The maximum absolute atomic E-state index is 12.2. The van der Waals surface area contributed by atoms with Gasteiger partial charge in [-0.2, -0.15) is 0 Å². The van der Waals surface area contributed by atoms with E-state index in [-0.39, 0.29) is 17.6 Å². The Morgan fingerprint density at radius 3 is 2.30 bits per heavy atom. The second kappa shape index (κ2) is 4.86. The summed E-state index contributed by atoms with van der Waals surface area (Å²) in [4.78, 5) is 22.2. The van der Waals surface area contributed by atoms with E-state index in [0.717, 1.165) is 5.56 Å². The maximum Gasteiger partial charge on any atom is 0.269 e. The lowest BCUT2D eigenvalue weighted by Crippen LogP contribution is -2.08. The molecule has 1 saturated heterocycles. The first kappa shape index (κ1) is 12.5. The predicted octanol–water partition coefficient (Wildman–Crippen LogP) is 2.92. The lowest BCUT2D eigenvalue weighted by molar-refractivity contribution is -0.384. The molecule has 2 aromatic rings. The van der Waals surface area contributed by atoms with Crippen LogP contribution in [0.2, 0.25) is 0 Å². The van der Waals surface area contributed by atoms with E-state index in [1.807, 2.05) is 30.3 Å². The van der Waals surface area contributed by atoms with E-state index in [0.29, 0.717) is 5.56 Å². The summed E-state index contributed by atoms with van der Waals surface area (Å²) in [7, 11) is 0. The van der Waals surface area contributed by atoms with Gasteiger partial charge in [0.25, 0.3) is 5.69 Å². The number of nitro groups is 1. The highest BCUT2D eigenvalue weighted by atomic mass is 16.6. The molecule has 0 N–H and O–H groups in total. The first-order valence-corrected chi connectivity index (χ1v) is 6.16. The Kier molecular flexibility index (Phi) is 3.04. The second-order valence-electron chi connectivity index (χ2n) is 4.56. The molecule has 100 valence electrons. The SMILES string of the molecule is O=C(c1ccc([N+](=O)[O-])cc1)[C@H]1OC1c1ccccc1. The summed E-state index contributed by atoms with van der Waals surface area (Å²) in [5.41, 5.74) is 1.37. The fraction of sp³-hybridized carbons (Fsp3) is 0.133. The van der Waals surface area contributed by atoms with E-state index < -0.39 is 11.0 Å². The normalized spacial score (nSPS) is 20.4. The van der Waals surface area contributed by atoms with Gasteiger partial charge in [0.15, 0.2) is 11.9 Å². The third-order valence-electron chi connectivity index (χ3n) is 3.24. The fourth-order valence-corrected chi connectivity index (χ4v) is 2.12. The smallest absolute Gasteiger partial charge is 0.269 e. The number of Topliss-reactive ketones (excluding diaryl/α,β-unsaturated/α-hetero) is 1. The number of epoxide rings is 1. The molecule has 2 atom stereocenters. The molecule has 0 amide bonds. The van der Waals surface area contributed by atoms with Crippen molar-refractivity contribution in [2.45, 2.75) is 12.2 Å². The summed E-state index contributed by atoms with van der Waals surface area (Å²) < 4.78 is 5.41. The van der Waals surface area contributed by atoms with Crippen molar-refractivity contribution in [1.29, 1.82) is 0 Å². The molecule has 1 fully saturated rings. The van der Waals surface area contributed by atoms with E-state index >= 15 is 0 Å². The third-order valence-corrected chi connectivity index (χ3v) is 3.24. The zero-order valence-corrected chi connectivity index (χ0v) is 10.4. The van der Waals surface area contributed by atoms with Gasteiger partial charge < -0.3 is 4.74 Å². The molecular weight excluding hydrogens is 258 g/mol. The second-order valence-corrected chi connectivity index (χ2v) is 4.56. The Morgan fingerprint density at radius 2 is 1.70 bits per heavy atom. The summed E-state index contributed by atoms with van der Waals surface area (Å²) in [5, 5.41) is 10.6. The molecule has 0 bridgehead atoms. The minimum absolute atomic E-state index is 0.0297. The van der Waals surface area contributed by atoms with Crippen LogP contribution < -0.4 is 0 Å². The molecular formula is C15H11NO4. The standard InChI is InChI=1S/C15H11NO4/c17-13(10-6-8-12(9-7-10)16(18)19)15-14(20-15)11-4-2-1-3-5-11/h1-9,14-15H/t14?,15-/m1/s1. The molecule has 0 spiro atoms. The molecule has 1 aliphatic heterocycles. The molecule has 0 saturated carbocycles. The Labute approximate surface area is 115 Å². The molecule has 5 nitrogen and oxygen atoms in total. The minimum atomic E-state index is -0.491. The van der Waals surface area contributed by atoms with Crippen LogP contribution in [-0.2, 0) is 4.74 Å². The molecule has 20 heavy (non-hydrogen) atoms. The van der Waals surface area contributed by atoms with Crippen molar-refractivity contribution in [2.24, 2.45) is 0 Å². The topological polar surface area (TPSA) is 72.7 Å². The van der Waals surface area contributed by atoms with Crippen LogP contribution >= 0.6 is 0 Å². The average Bonchev–Trinajstić information content (AvgIpc) is 3.28. The number of hydrogen-bond acceptors (Lipinski definition) is 4. The van der Waals surface area contributed by atoms with Crippen LogP contribution in [0.15, 0.2) is 54.6 Å². The summed E-state index contributed by atoms with van der Waals surface area (Å²) in [6, 6.07) is 15.1. The van der Waals surface area contributed by atoms with Gasteiger partial charge in [-0.15, -0.1) is 0 Å². The molecule has 3 rings (SSSR count). The van der Waals surface area contributed by atoms with Crippen molar-refractivity contribution in [1.82, 2.24) is 0 Å². The summed E-state index contributed by atoms with van der Waals surface area (Å²) in [6.45, 7) is 0. The van der Waals surface area contributed by atoms with E-state index in [9.17, 15) is 14.9 Å². The van der Waals surface area contributed by atoms with Crippen LogP contribution in [0.1, 0.15) is 22.0 Å². The Balaban J connectivity index is 1.73. The molecule has 0 radical (unpaired) electrons. The maximum atomic E-state index is 12.2. The minimum Gasteiger partial charge on any atom is -0.356 e. The lowest BCUT2D eigenvalue weighted by Gasteiger charge is -1.98. The van der Waals surface area contributed by atoms with E-state index in [4.69, 9.17) is 4.74 Å². The Bertz CT molecular complexity index is 651. The number of nitrogens with zero attached hydrogens (tertiary/aromatic N) is 1. The van der Waals surface area contributed by atoms with Crippen molar-refractivity contribution < 1.29 is 14.5 Å². The monoisotopic (exact) mass is 269 g/mol. The Morgan fingerprint density at radius 1 is 1.05 bits per heavy atom. The van der Waals surface area contributed by atoms with Gasteiger partial charge in [-0.05, 0) is 17.7 Å². The van der Waals surface area contributed by atoms with E-state index in [2.05, 4.69) is 0 Å². The van der Waals surface area contributed by atoms with Gasteiger partial charge in [0, 0.05) is 17.7 Å². The number of hydrogen-bond donors (Lipinski definition) is 0. The first-order valence-electron chi connectivity index (χ1n) is 6.16. The molecule has 1 heterocycles. The van der Waals surface area contributed by atoms with Gasteiger partial charge in [0.2, 0.25) is 0 Å². The lowest BCUT2D eigenvalue weighted by atomic mass is 10.0. The summed E-state index contributed by atoms with van der Waals surface area (Å²) in [5.74, 6) is -0.145. The van der Waals surface area contributed by atoms with Crippen LogP contribution in [0.3, 0.4) is 0 Å². The Hall–Kier alpha value is -2.53. The van der Waals surface area contributed by atoms with Crippen LogP contribution in [0.4, 0.5) is 5.69 Å². The van der Waals surface area contributed by atoms with Gasteiger partial charge in [0.05, 0.1) is 4.92 Å². The van der Waals surface area contributed by atoms with Crippen molar-refractivity contribution in [2.75, 3.05) is 0 Å². The predicted molar refractivity (Wildman–Crippen MR) is 71.5 cm³/mol. The van der Waals surface area contributed by atoms with Gasteiger partial charge >= 0.3 is 0 Å². The third kappa shape index (κ3) is 2.31. The number of carbonyl (C=O) groups excluding carboxylic acids is 1. The zero-order chi connectivity index (χ0) is 14.1. The zero-order valence-electron chi connectivity index (χ0n) is 10.4. The van der Waals surface area contributed by atoms with Crippen LogP contribution in [-0.4, -0.2) is 16.8 Å². The number of carbonyl (C=O) groups is 1. The van der Waals surface area contributed by atoms with Gasteiger partial charge in [-0.3, -0.25) is 14.9 Å². The largest absolute Gasteiger partial charge is 0.356 e. The van der Waals surface area contributed by atoms with Gasteiger partial charge in [0.1, 0.15) is 6.10 Å². The quantitative estimate of drug-likeness (QED) is 0.370. The molecule has 0 aliphatic carbocycles. The van der Waals surface area contributed by atoms with Crippen molar-refractivity contribution in [3.8, 4) is 0 Å². The first-order chi connectivity index (χ1) is 9.66. The average molecular weight is 269 g/mol. The van der Waals surface area contributed by atoms with E-state index in [1.165, 1.54) is 24.3 Å². The molecule has 1 aliphatic rings. The number of ether oxygens (including phenoxy) is 1. The summed E-state index contributed by atoms with van der Waals surface area (Å²) in [6.07, 6.45) is -0.697. The number of ketones is 1. The molecule has 1 unspecified atom stereocenters. The highest BCUT2D eigenvalue weighted by Crippen LogP contribution is 2.40. The number of non-ortho nitro benzene ring substituents is 1. The fourth-order valence-electron chi connectivity index (χ4n) is 2.12. The molecule has 2 aromatic carbocycles. The highest BCUT2D eigenvalue weighted by Gasteiger charge is 2.46. The number of benzene rings is 2. The summed E-state index contributed by atoms with van der Waals surface area (Å²) >= 11 is 0. The van der Waals surface area contributed by atoms with E-state index in [1.54, 1.807) is 0 Å². The van der Waals surface area contributed by atoms with Crippen molar-refractivity contribution in [3.63, 3.8) is 0 Å². The number of rotatable bonds is 4.